The predicted molar refractivity (Wildman–Crippen MR) is 118 cm³/mol. The lowest BCUT2D eigenvalue weighted by Crippen LogP contribution is -2.47. The summed E-state index contributed by atoms with van der Waals surface area (Å²) in [6, 6.07) is 2.61. The van der Waals surface area contributed by atoms with E-state index in [0.29, 0.717) is 35.8 Å². The zero-order valence-corrected chi connectivity index (χ0v) is 17.9. The third kappa shape index (κ3) is 3.55. The molecule has 1 aliphatic carbocycles. The Labute approximate surface area is 191 Å². The second kappa shape index (κ2) is 7.60. The molecule has 1 saturated carbocycles. The van der Waals surface area contributed by atoms with Crippen LogP contribution in [0.5, 0.6) is 0 Å². The minimum atomic E-state index is -4.54. The number of piperidine rings is 1. The van der Waals surface area contributed by atoms with Gasteiger partial charge in [-0.2, -0.15) is 13.2 Å². The second-order valence-corrected chi connectivity index (χ2v) is 8.94. The van der Waals surface area contributed by atoms with Crippen LogP contribution in [0.3, 0.4) is 0 Å². The molecule has 0 radical (unpaired) electrons. The van der Waals surface area contributed by atoms with Crippen LogP contribution in [0, 0.1) is 0 Å². The SMILES string of the molecule is O[C@H]1CCN(c2nc(-c3ccnc4[nH]c(C(F)(F)F)cc34)nc3cncc(C4CC4)c23)C[C@@H]1O. The lowest BCUT2D eigenvalue weighted by atomic mass is 10.0. The molecule has 176 valence electrons. The zero-order valence-electron chi connectivity index (χ0n) is 17.9. The quantitative estimate of drug-likeness (QED) is 0.421. The number of hydrogen-bond donors (Lipinski definition) is 3. The van der Waals surface area contributed by atoms with E-state index in [1.54, 1.807) is 12.3 Å². The molecular formula is C23H21F3N6O2. The van der Waals surface area contributed by atoms with Gasteiger partial charge in [0.15, 0.2) is 5.82 Å². The zero-order chi connectivity index (χ0) is 23.6. The number of alkyl halides is 3. The van der Waals surface area contributed by atoms with Gasteiger partial charge in [-0.1, -0.05) is 0 Å². The number of aromatic nitrogens is 5. The molecule has 0 amide bonds. The molecule has 34 heavy (non-hydrogen) atoms. The van der Waals surface area contributed by atoms with Crippen molar-refractivity contribution in [1.82, 2.24) is 24.9 Å². The molecule has 6 rings (SSSR count). The van der Waals surface area contributed by atoms with Gasteiger partial charge in [-0.05, 0) is 42.9 Å². The van der Waals surface area contributed by atoms with E-state index in [1.165, 1.54) is 6.20 Å². The number of β-amino-alcohol motifs (C(OH)–C–C–N with tert-alkyl or cyclic N) is 1. The van der Waals surface area contributed by atoms with Gasteiger partial charge < -0.3 is 20.1 Å². The van der Waals surface area contributed by atoms with E-state index in [0.717, 1.165) is 29.9 Å². The minimum absolute atomic E-state index is 0.0939. The van der Waals surface area contributed by atoms with Crippen molar-refractivity contribution in [3.63, 3.8) is 0 Å². The van der Waals surface area contributed by atoms with Crippen LogP contribution in [-0.4, -0.2) is 60.4 Å². The van der Waals surface area contributed by atoms with Gasteiger partial charge in [0.05, 0.1) is 23.9 Å². The van der Waals surface area contributed by atoms with Crippen LogP contribution in [0.1, 0.15) is 36.4 Å². The Hall–Kier alpha value is -3.31. The van der Waals surface area contributed by atoms with Gasteiger partial charge in [-0.3, -0.25) is 4.98 Å². The number of hydrogen-bond acceptors (Lipinski definition) is 7. The molecule has 5 heterocycles. The number of aliphatic hydroxyl groups excluding tert-OH is 2. The summed E-state index contributed by atoms with van der Waals surface area (Å²) in [5.74, 6) is 1.20. The molecule has 0 aromatic carbocycles. The number of H-pyrrole nitrogens is 1. The van der Waals surface area contributed by atoms with Gasteiger partial charge in [0, 0.05) is 41.8 Å². The Morgan fingerprint density at radius 3 is 2.62 bits per heavy atom. The molecule has 0 bridgehead atoms. The van der Waals surface area contributed by atoms with Crippen LogP contribution in [0.2, 0.25) is 0 Å². The average Bonchev–Trinajstić information content (AvgIpc) is 3.55. The molecule has 2 aliphatic rings. The number of anilines is 1. The highest BCUT2D eigenvalue weighted by Crippen LogP contribution is 2.45. The lowest BCUT2D eigenvalue weighted by Gasteiger charge is -2.35. The van der Waals surface area contributed by atoms with E-state index >= 15 is 0 Å². The van der Waals surface area contributed by atoms with Gasteiger partial charge >= 0.3 is 6.18 Å². The number of aromatic amines is 1. The van der Waals surface area contributed by atoms with E-state index in [9.17, 15) is 23.4 Å². The summed E-state index contributed by atoms with van der Waals surface area (Å²) < 4.78 is 40.0. The molecule has 2 atom stereocenters. The van der Waals surface area contributed by atoms with Crippen LogP contribution in [-0.2, 0) is 6.18 Å². The van der Waals surface area contributed by atoms with E-state index in [4.69, 9.17) is 9.97 Å². The number of pyridine rings is 2. The van der Waals surface area contributed by atoms with E-state index < -0.39 is 24.1 Å². The Bertz CT molecular complexity index is 1400. The van der Waals surface area contributed by atoms with Crippen LogP contribution in [0.15, 0.2) is 30.7 Å². The molecule has 3 N–H and O–H groups in total. The third-order valence-electron chi connectivity index (χ3n) is 6.56. The maximum atomic E-state index is 13.3. The summed E-state index contributed by atoms with van der Waals surface area (Å²) in [5.41, 5.74) is 1.22. The van der Waals surface area contributed by atoms with Gasteiger partial charge in [0.25, 0.3) is 0 Å². The molecule has 2 fully saturated rings. The Balaban J connectivity index is 1.57. The van der Waals surface area contributed by atoms with Gasteiger partial charge in [-0.25, -0.2) is 15.0 Å². The molecule has 4 aromatic heterocycles. The van der Waals surface area contributed by atoms with Crippen molar-refractivity contribution in [2.24, 2.45) is 0 Å². The fourth-order valence-corrected chi connectivity index (χ4v) is 4.63. The van der Waals surface area contributed by atoms with Crippen molar-refractivity contribution < 1.29 is 23.4 Å². The number of fused-ring (bicyclic) bond motifs is 2. The topological polar surface area (TPSA) is 111 Å². The first kappa shape index (κ1) is 21.2. The fraction of sp³-hybridized carbons (Fsp3) is 0.391. The summed E-state index contributed by atoms with van der Waals surface area (Å²) in [7, 11) is 0. The van der Waals surface area contributed by atoms with Crippen molar-refractivity contribution in [2.75, 3.05) is 18.0 Å². The lowest BCUT2D eigenvalue weighted by molar-refractivity contribution is -0.140. The van der Waals surface area contributed by atoms with Crippen LogP contribution in [0.4, 0.5) is 19.0 Å². The molecule has 4 aromatic rings. The van der Waals surface area contributed by atoms with Crippen LogP contribution in [0.25, 0.3) is 33.3 Å². The highest BCUT2D eigenvalue weighted by Gasteiger charge is 2.34. The van der Waals surface area contributed by atoms with E-state index in [-0.39, 0.29) is 23.4 Å². The Morgan fingerprint density at radius 2 is 1.88 bits per heavy atom. The largest absolute Gasteiger partial charge is 0.431 e. The second-order valence-electron chi connectivity index (χ2n) is 8.94. The highest BCUT2D eigenvalue weighted by atomic mass is 19.4. The monoisotopic (exact) mass is 470 g/mol. The normalized spacial score (nSPS) is 21.5. The molecular weight excluding hydrogens is 449 g/mol. The van der Waals surface area contributed by atoms with Crippen molar-refractivity contribution in [1.29, 1.82) is 0 Å². The van der Waals surface area contributed by atoms with Crippen LogP contribution >= 0.6 is 0 Å². The standard InChI is InChI=1S/C23H21F3N6O2/c24-23(25,26)18-7-13-12(3-5-28-20(13)30-18)21-29-15-9-27-8-14(11-1-2-11)19(15)22(31-21)32-6-4-16(33)17(34)10-32/h3,5,7-9,11,16-17,33-34H,1-2,4,6,10H2,(H,28,30)/t16-,17-/m0/s1. The molecule has 0 unspecified atom stereocenters. The summed E-state index contributed by atoms with van der Waals surface area (Å²) in [4.78, 5) is 22.1. The van der Waals surface area contributed by atoms with Crippen LogP contribution < -0.4 is 4.90 Å². The number of nitrogens with zero attached hydrogens (tertiary/aromatic N) is 5. The Morgan fingerprint density at radius 1 is 1.06 bits per heavy atom. The first-order valence-corrected chi connectivity index (χ1v) is 11.1. The molecule has 0 spiro atoms. The first-order valence-electron chi connectivity index (χ1n) is 11.1. The number of nitrogens with one attached hydrogen (secondary N) is 1. The van der Waals surface area contributed by atoms with Crippen molar-refractivity contribution >= 4 is 27.8 Å². The molecule has 8 nitrogen and oxygen atoms in total. The highest BCUT2D eigenvalue weighted by molar-refractivity contribution is 5.97. The van der Waals surface area contributed by atoms with Crippen molar-refractivity contribution in [3.8, 4) is 11.4 Å². The van der Waals surface area contributed by atoms with Crippen molar-refractivity contribution in [2.45, 2.75) is 43.6 Å². The summed E-state index contributed by atoms with van der Waals surface area (Å²) >= 11 is 0. The number of halogens is 3. The maximum Gasteiger partial charge on any atom is 0.431 e. The van der Waals surface area contributed by atoms with E-state index in [1.807, 2.05) is 11.1 Å². The summed E-state index contributed by atoms with van der Waals surface area (Å²) in [6.45, 7) is 0.664. The van der Waals surface area contributed by atoms with Gasteiger partial charge in [0.2, 0.25) is 0 Å². The molecule has 1 saturated heterocycles. The predicted octanol–water partition coefficient (Wildman–Crippen LogP) is 3.40. The molecule has 1 aliphatic heterocycles. The van der Waals surface area contributed by atoms with Gasteiger partial charge in [0.1, 0.15) is 17.2 Å². The van der Waals surface area contributed by atoms with E-state index in [2.05, 4.69) is 15.0 Å². The summed E-state index contributed by atoms with van der Waals surface area (Å²) in [6.07, 6.45) is 1.03. The molecule has 11 heteroatoms. The Kier molecular flexibility index (Phi) is 4.75. The first-order chi connectivity index (χ1) is 16.3. The minimum Gasteiger partial charge on any atom is -0.390 e. The third-order valence-corrected chi connectivity index (χ3v) is 6.56. The number of rotatable bonds is 3. The fourth-order valence-electron chi connectivity index (χ4n) is 4.63. The van der Waals surface area contributed by atoms with Crippen molar-refractivity contribution in [3.05, 3.63) is 42.0 Å². The average molecular weight is 470 g/mol. The van der Waals surface area contributed by atoms with Gasteiger partial charge in [-0.15, -0.1) is 0 Å². The smallest absolute Gasteiger partial charge is 0.390 e. The summed E-state index contributed by atoms with van der Waals surface area (Å²) in [5, 5.41) is 21.4. The maximum absolute atomic E-state index is 13.3. The number of aliphatic hydroxyl groups is 2.